The first kappa shape index (κ1) is 20.7. The lowest BCUT2D eigenvalue weighted by Crippen LogP contribution is -2.36. The van der Waals surface area contributed by atoms with Crippen molar-refractivity contribution >= 4 is 17.5 Å². The topological polar surface area (TPSA) is 67.3 Å². The molecule has 0 spiro atoms. The second-order valence-corrected chi connectivity index (χ2v) is 7.56. The van der Waals surface area contributed by atoms with Crippen LogP contribution < -0.4 is 5.32 Å². The minimum absolute atomic E-state index is 0.104. The van der Waals surface area contributed by atoms with Crippen LogP contribution in [-0.4, -0.2) is 54.1 Å². The van der Waals surface area contributed by atoms with Crippen molar-refractivity contribution in [1.82, 2.24) is 20.2 Å². The maximum atomic E-state index is 12.3. The molecule has 0 saturated carbocycles. The number of nitrogens with one attached hydrogen (secondary N) is 1. The first-order chi connectivity index (χ1) is 13.6. The van der Waals surface area contributed by atoms with Gasteiger partial charge in [-0.25, -0.2) is 9.97 Å². The van der Waals surface area contributed by atoms with Crippen LogP contribution in [0.1, 0.15) is 34.3 Å². The standard InChI is InChI=1S/C21H27ClN4O2/c1-28-11-10-26-8-6-17(7-9-26)12-16-2-4-19(5-3-16)20(27)23-13-18-14-24-21(22)25-15-18/h2-5,14-15,17H,6-13H2,1H3,(H,23,27). The molecule has 150 valence electrons. The van der Waals surface area contributed by atoms with Gasteiger partial charge < -0.3 is 15.0 Å². The predicted molar refractivity (Wildman–Crippen MR) is 109 cm³/mol. The zero-order chi connectivity index (χ0) is 19.8. The van der Waals surface area contributed by atoms with Gasteiger partial charge in [-0.05, 0) is 67.6 Å². The molecule has 1 aliphatic heterocycles. The van der Waals surface area contributed by atoms with E-state index in [2.05, 4.69) is 32.3 Å². The molecule has 28 heavy (non-hydrogen) atoms. The second kappa shape index (κ2) is 10.5. The van der Waals surface area contributed by atoms with E-state index in [4.69, 9.17) is 16.3 Å². The highest BCUT2D eigenvalue weighted by atomic mass is 35.5. The number of likely N-dealkylation sites (tertiary alicyclic amines) is 1. The highest BCUT2D eigenvalue weighted by Gasteiger charge is 2.19. The molecule has 0 radical (unpaired) electrons. The average molecular weight is 403 g/mol. The summed E-state index contributed by atoms with van der Waals surface area (Å²) in [5.41, 5.74) is 2.76. The van der Waals surface area contributed by atoms with E-state index in [1.807, 2.05) is 12.1 Å². The number of halogens is 1. The molecule has 0 aliphatic carbocycles. The third-order valence-corrected chi connectivity index (χ3v) is 5.38. The largest absolute Gasteiger partial charge is 0.383 e. The second-order valence-electron chi connectivity index (χ2n) is 7.22. The first-order valence-electron chi connectivity index (χ1n) is 9.69. The smallest absolute Gasteiger partial charge is 0.251 e. The number of hydrogen-bond acceptors (Lipinski definition) is 5. The Balaban J connectivity index is 1.44. The molecule has 1 saturated heterocycles. The van der Waals surface area contributed by atoms with Crippen molar-refractivity contribution in [3.05, 3.63) is 58.6 Å². The Morgan fingerprint density at radius 2 is 1.86 bits per heavy atom. The Hall–Kier alpha value is -2.02. The molecule has 6 nitrogen and oxygen atoms in total. The van der Waals surface area contributed by atoms with Crippen LogP contribution in [-0.2, 0) is 17.7 Å². The van der Waals surface area contributed by atoms with Crippen LogP contribution in [0.3, 0.4) is 0 Å². The van der Waals surface area contributed by atoms with Crippen LogP contribution in [0.4, 0.5) is 0 Å². The Bertz CT molecular complexity index is 744. The van der Waals surface area contributed by atoms with Crippen molar-refractivity contribution in [2.75, 3.05) is 33.4 Å². The summed E-state index contributed by atoms with van der Waals surface area (Å²) in [7, 11) is 1.75. The van der Waals surface area contributed by atoms with Crippen molar-refractivity contribution in [1.29, 1.82) is 0 Å². The van der Waals surface area contributed by atoms with Gasteiger partial charge in [-0.2, -0.15) is 0 Å². The number of rotatable bonds is 8. The maximum absolute atomic E-state index is 12.3. The molecule has 1 aromatic carbocycles. The Labute approximate surface area is 171 Å². The summed E-state index contributed by atoms with van der Waals surface area (Å²) in [6.45, 7) is 4.49. The number of hydrogen-bond donors (Lipinski definition) is 1. The number of benzene rings is 1. The zero-order valence-electron chi connectivity index (χ0n) is 16.2. The molecule has 1 N–H and O–H groups in total. The highest BCUT2D eigenvalue weighted by molar-refractivity contribution is 6.28. The Kier molecular flexibility index (Phi) is 7.77. The third kappa shape index (κ3) is 6.26. The number of carbonyl (C=O) groups excluding carboxylic acids is 1. The number of methoxy groups -OCH3 is 1. The van der Waals surface area contributed by atoms with E-state index in [9.17, 15) is 4.79 Å². The molecule has 0 bridgehead atoms. The van der Waals surface area contributed by atoms with Crippen LogP contribution in [0, 0.1) is 5.92 Å². The molecular weight excluding hydrogens is 376 g/mol. The van der Waals surface area contributed by atoms with Crippen molar-refractivity contribution in [2.24, 2.45) is 5.92 Å². The fourth-order valence-electron chi connectivity index (χ4n) is 3.47. The molecule has 1 aromatic heterocycles. The molecule has 1 aliphatic rings. The lowest BCUT2D eigenvalue weighted by molar-refractivity contribution is 0.0951. The van der Waals surface area contributed by atoms with Gasteiger partial charge in [0.1, 0.15) is 0 Å². The molecule has 0 atom stereocenters. The molecule has 2 aromatic rings. The van der Waals surface area contributed by atoms with E-state index in [1.165, 1.54) is 18.4 Å². The average Bonchev–Trinajstić information content (AvgIpc) is 2.73. The van der Waals surface area contributed by atoms with E-state index >= 15 is 0 Å². The van der Waals surface area contributed by atoms with Gasteiger partial charge in [0, 0.05) is 43.7 Å². The van der Waals surface area contributed by atoms with Crippen molar-refractivity contribution < 1.29 is 9.53 Å². The van der Waals surface area contributed by atoms with Gasteiger partial charge in [-0.3, -0.25) is 4.79 Å². The number of amides is 1. The summed E-state index contributed by atoms with van der Waals surface area (Å²) in [5.74, 6) is 0.608. The normalized spacial score (nSPS) is 15.5. The van der Waals surface area contributed by atoms with Gasteiger partial charge in [-0.15, -0.1) is 0 Å². The maximum Gasteiger partial charge on any atom is 0.251 e. The summed E-state index contributed by atoms with van der Waals surface area (Å²) in [4.78, 5) is 22.6. The molecule has 3 rings (SSSR count). The fraction of sp³-hybridized carbons (Fsp3) is 0.476. The number of aromatic nitrogens is 2. The monoisotopic (exact) mass is 402 g/mol. The Morgan fingerprint density at radius 3 is 2.50 bits per heavy atom. The van der Waals surface area contributed by atoms with E-state index < -0.39 is 0 Å². The molecule has 2 heterocycles. The molecule has 0 unspecified atom stereocenters. The summed E-state index contributed by atoms with van der Waals surface area (Å²) in [6.07, 6.45) is 6.73. The number of piperidine rings is 1. The van der Waals surface area contributed by atoms with Crippen molar-refractivity contribution in [3.8, 4) is 0 Å². The quantitative estimate of drug-likeness (QED) is 0.687. The van der Waals surface area contributed by atoms with E-state index in [-0.39, 0.29) is 11.2 Å². The van der Waals surface area contributed by atoms with Crippen molar-refractivity contribution in [3.63, 3.8) is 0 Å². The van der Waals surface area contributed by atoms with E-state index in [1.54, 1.807) is 19.5 Å². The first-order valence-corrected chi connectivity index (χ1v) is 10.1. The zero-order valence-corrected chi connectivity index (χ0v) is 17.0. The third-order valence-electron chi connectivity index (χ3n) is 5.19. The highest BCUT2D eigenvalue weighted by Crippen LogP contribution is 2.21. The van der Waals surface area contributed by atoms with Crippen molar-refractivity contribution in [2.45, 2.75) is 25.8 Å². The SMILES string of the molecule is COCCN1CCC(Cc2ccc(C(=O)NCc3cnc(Cl)nc3)cc2)CC1. The summed E-state index contributed by atoms with van der Waals surface area (Å²) >= 11 is 5.67. The van der Waals surface area contributed by atoms with Crippen LogP contribution in [0.5, 0.6) is 0 Å². The van der Waals surface area contributed by atoms with Gasteiger partial charge in [0.2, 0.25) is 5.28 Å². The Morgan fingerprint density at radius 1 is 1.18 bits per heavy atom. The summed E-state index contributed by atoms with van der Waals surface area (Å²) in [5, 5.41) is 3.08. The molecule has 1 amide bonds. The van der Waals surface area contributed by atoms with Gasteiger partial charge >= 0.3 is 0 Å². The summed E-state index contributed by atoms with van der Waals surface area (Å²) < 4.78 is 5.16. The van der Waals surface area contributed by atoms with Gasteiger partial charge in [0.05, 0.1) is 6.61 Å². The minimum Gasteiger partial charge on any atom is -0.383 e. The van der Waals surface area contributed by atoms with Crippen LogP contribution >= 0.6 is 11.6 Å². The van der Waals surface area contributed by atoms with Crippen LogP contribution in [0.25, 0.3) is 0 Å². The molecule has 7 heteroatoms. The number of ether oxygens (including phenoxy) is 1. The molecule has 1 fully saturated rings. The fourth-order valence-corrected chi connectivity index (χ4v) is 3.57. The predicted octanol–water partition coefficient (Wildman–Crippen LogP) is 2.96. The van der Waals surface area contributed by atoms with E-state index in [0.717, 1.165) is 38.2 Å². The minimum atomic E-state index is -0.104. The molecular formula is C21H27ClN4O2. The van der Waals surface area contributed by atoms with E-state index in [0.29, 0.717) is 18.0 Å². The lowest BCUT2D eigenvalue weighted by atomic mass is 9.90. The number of nitrogens with zero attached hydrogens (tertiary/aromatic N) is 3. The van der Waals surface area contributed by atoms with Gasteiger partial charge in [-0.1, -0.05) is 12.1 Å². The number of carbonyl (C=O) groups is 1. The van der Waals surface area contributed by atoms with Gasteiger partial charge in [0.25, 0.3) is 5.91 Å². The van der Waals surface area contributed by atoms with Crippen LogP contribution in [0.15, 0.2) is 36.7 Å². The lowest BCUT2D eigenvalue weighted by Gasteiger charge is -2.31. The summed E-state index contributed by atoms with van der Waals surface area (Å²) in [6, 6.07) is 7.93. The van der Waals surface area contributed by atoms with Crippen LogP contribution in [0.2, 0.25) is 5.28 Å². The van der Waals surface area contributed by atoms with Gasteiger partial charge in [0.15, 0.2) is 0 Å².